The Morgan fingerprint density at radius 3 is 2.43 bits per heavy atom. The maximum Gasteiger partial charge on any atom is 0.319 e. The summed E-state index contributed by atoms with van der Waals surface area (Å²) in [4.78, 5) is 23.8. The Kier molecular flexibility index (Phi) is 8.75. The Balaban J connectivity index is 1.86. The Bertz CT molecular complexity index is 877. The van der Waals surface area contributed by atoms with E-state index >= 15 is 0 Å². The van der Waals surface area contributed by atoms with Gasteiger partial charge in [-0.1, -0.05) is 18.2 Å². The van der Waals surface area contributed by atoms with Crippen LogP contribution in [0.25, 0.3) is 6.08 Å². The zero-order valence-corrected chi connectivity index (χ0v) is 17.8. The summed E-state index contributed by atoms with van der Waals surface area (Å²) in [6.07, 6.45) is 3.19. The summed E-state index contributed by atoms with van der Waals surface area (Å²) in [5.41, 5.74) is 2.45. The molecule has 0 radical (unpaired) electrons. The highest BCUT2D eigenvalue weighted by Crippen LogP contribution is 2.28. The third kappa shape index (κ3) is 7.50. The van der Waals surface area contributed by atoms with E-state index in [4.69, 9.17) is 9.47 Å². The third-order valence-electron chi connectivity index (χ3n) is 4.01. The van der Waals surface area contributed by atoms with Crippen molar-refractivity contribution < 1.29 is 19.1 Å². The molecule has 0 aliphatic heterocycles. The molecule has 0 aliphatic carbocycles. The van der Waals surface area contributed by atoms with Crippen LogP contribution in [0.4, 0.5) is 10.5 Å². The molecule has 2 aromatic rings. The maximum absolute atomic E-state index is 12.1. The van der Waals surface area contributed by atoms with Crippen molar-refractivity contribution in [3.05, 3.63) is 59.7 Å². The van der Waals surface area contributed by atoms with E-state index in [-0.39, 0.29) is 18.0 Å². The zero-order valence-electron chi connectivity index (χ0n) is 17.8. The molecule has 0 aliphatic rings. The molecular formula is C23H29N3O4. The minimum Gasteiger partial charge on any atom is -0.493 e. The molecule has 3 amide bonds. The van der Waals surface area contributed by atoms with Crippen molar-refractivity contribution in [2.24, 2.45) is 0 Å². The molecule has 0 spiro atoms. The number of methoxy groups -OCH3 is 1. The normalized spacial score (nSPS) is 10.7. The lowest BCUT2D eigenvalue weighted by Gasteiger charge is -2.10. The van der Waals surface area contributed by atoms with Gasteiger partial charge in [0, 0.05) is 24.4 Å². The number of amides is 3. The van der Waals surface area contributed by atoms with E-state index in [9.17, 15) is 9.59 Å². The summed E-state index contributed by atoms with van der Waals surface area (Å²) in [5.74, 6) is 1.08. The predicted octanol–water partition coefficient (Wildman–Crippen LogP) is 3.95. The minimum atomic E-state index is -0.248. The van der Waals surface area contributed by atoms with Gasteiger partial charge in [-0.05, 0) is 62.2 Å². The summed E-state index contributed by atoms with van der Waals surface area (Å²) in [6.45, 7) is 6.63. The van der Waals surface area contributed by atoms with Crippen LogP contribution in [0.15, 0.2) is 48.5 Å². The number of benzene rings is 2. The molecule has 0 saturated carbocycles. The van der Waals surface area contributed by atoms with Crippen molar-refractivity contribution in [1.29, 1.82) is 0 Å². The van der Waals surface area contributed by atoms with Crippen molar-refractivity contribution in [1.82, 2.24) is 10.6 Å². The van der Waals surface area contributed by atoms with Crippen LogP contribution in [-0.4, -0.2) is 31.7 Å². The molecule has 0 fully saturated rings. The van der Waals surface area contributed by atoms with Crippen LogP contribution in [0.3, 0.4) is 0 Å². The van der Waals surface area contributed by atoms with Crippen molar-refractivity contribution in [2.75, 3.05) is 19.0 Å². The van der Waals surface area contributed by atoms with Gasteiger partial charge in [0.05, 0.1) is 13.7 Å². The first-order valence-corrected chi connectivity index (χ1v) is 9.84. The van der Waals surface area contributed by atoms with Crippen molar-refractivity contribution in [3.63, 3.8) is 0 Å². The van der Waals surface area contributed by atoms with Gasteiger partial charge in [0.2, 0.25) is 5.91 Å². The topological polar surface area (TPSA) is 88.7 Å². The quantitative estimate of drug-likeness (QED) is 0.545. The fourth-order valence-electron chi connectivity index (χ4n) is 2.62. The van der Waals surface area contributed by atoms with Gasteiger partial charge in [-0.3, -0.25) is 4.79 Å². The Morgan fingerprint density at radius 1 is 1.07 bits per heavy atom. The molecule has 2 aromatic carbocycles. The highest BCUT2D eigenvalue weighted by Gasteiger charge is 2.05. The number of rotatable bonds is 9. The predicted molar refractivity (Wildman–Crippen MR) is 119 cm³/mol. The monoisotopic (exact) mass is 411 g/mol. The third-order valence-corrected chi connectivity index (χ3v) is 4.01. The minimum absolute atomic E-state index is 0.0660. The highest BCUT2D eigenvalue weighted by atomic mass is 16.5. The van der Waals surface area contributed by atoms with E-state index in [0.717, 1.165) is 11.1 Å². The number of urea groups is 1. The van der Waals surface area contributed by atoms with E-state index in [1.165, 1.54) is 6.08 Å². The highest BCUT2D eigenvalue weighted by molar-refractivity contribution is 5.92. The fourth-order valence-corrected chi connectivity index (χ4v) is 2.62. The van der Waals surface area contributed by atoms with Gasteiger partial charge in [0.15, 0.2) is 11.5 Å². The molecule has 3 N–H and O–H groups in total. The summed E-state index contributed by atoms with van der Waals surface area (Å²) < 4.78 is 10.8. The Labute approximate surface area is 177 Å². The second-order valence-electron chi connectivity index (χ2n) is 6.84. The maximum atomic E-state index is 12.1. The van der Waals surface area contributed by atoms with Crippen molar-refractivity contribution >= 4 is 23.7 Å². The number of anilines is 1. The molecule has 7 nitrogen and oxygen atoms in total. The van der Waals surface area contributed by atoms with Gasteiger partial charge < -0.3 is 25.4 Å². The molecule has 30 heavy (non-hydrogen) atoms. The van der Waals surface area contributed by atoms with Crippen LogP contribution in [-0.2, 0) is 11.3 Å². The van der Waals surface area contributed by atoms with Gasteiger partial charge in [-0.2, -0.15) is 0 Å². The summed E-state index contributed by atoms with van der Waals surface area (Å²) in [7, 11) is 1.58. The standard InChI is InChI=1S/C23H29N3O4/c1-5-30-20-12-8-17(14-21(20)29-4)9-13-22(27)24-15-18-6-10-19(11-7-18)26-23(28)25-16(2)3/h6-14,16H,5,15H2,1-4H3,(H,24,27)(H2,25,26,28). The van der Waals surface area contributed by atoms with Crippen LogP contribution < -0.4 is 25.4 Å². The second kappa shape index (κ2) is 11.5. The largest absolute Gasteiger partial charge is 0.493 e. The second-order valence-corrected chi connectivity index (χ2v) is 6.84. The number of carbonyl (C=O) groups excluding carboxylic acids is 2. The van der Waals surface area contributed by atoms with Crippen LogP contribution in [0, 0.1) is 0 Å². The van der Waals surface area contributed by atoms with Gasteiger partial charge in [0.1, 0.15) is 0 Å². The number of hydrogen-bond acceptors (Lipinski definition) is 4. The molecule has 2 rings (SSSR count). The van der Waals surface area contributed by atoms with E-state index in [2.05, 4.69) is 16.0 Å². The van der Waals surface area contributed by atoms with Gasteiger partial charge in [-0.25, -0.2) is 4.79 Å². The first-order chi connectivity index (χ1) is 14.4. The van der Waals surface area contributed by atoms with Crippen LogP contribution >= 0.6 is 0 Å². The van der Waals surface area contributed by atoms with Crippen molar-refractivity contribution in [3.8, 4) is 11.5 Å². The van der Waals surface area contributed by atoms with Crippen LogP contribution in [0.2, 0.25) is 0 Å². The van der Waals surface area contributed by atoms with E-state index in [1.54, 1.807) is 25.3 Å². The van der Waals surface area contributed by atoms with Crippen molar-refractivity contribution in [2.45, 2.75) is 33.4 Å². The van der Waals surface area contributed by atoms with Crippen LogP contribution in [0.1, 0.15) is 31.9 Å². The lowest BCUT2D eigenvalue weighted by Crippen LogP contribution is -2.34. The zero-order chi connectivity index (χ0) is 21.9. The molecule has 160 valence electrons. The first kappa shape index (κ1) is 22.8. The molecule has 0 bridgehead atoms. The smallest absolute Gasteiger partial charge is 0.319 e. The number of hydrogen-bond donors (Lipinski definition) is 3. The average Bonchev–Trinajstić information content (AvgIpc) is 2.72. The molecular weight excluding hydrogens is 382 g/mol. The molecule has 0 aromatic heterocycles. The Morgan fingerprint density at radius 2 is 1.80 bits per heavy atom. The molecule has 0 heterocycles. The molecule has 0 atom stereocenters. The van der Waals surface area contributed by atoms with E-state index in [0.29, 0.717) is 30.3 Å². The number of carbonyl (C=O) groups is 2. The summed E-state index contributed by atoms with van der Waals surface area (Å²) >= 11 is 0. The van der Waals surface area contributed by atoms with Crippen LogP contribution in [0.5, 0.6) is 11.5 Å². The fraction of sp³-hybridized carbons (Fsp3) is 0.304. The average molecular weight is 412 g/mol. The summed E-state index contributed by atoms with van der Waals surface area (Å²) in [6, 6.07) is 12.6. The van der Waals surface area contributed by atoms with E-state index < -0.39 is 0 Å². The first-order valence-electron chi connectivity index (χ1n) is 9.84. The van der Waals surface area contributed by atoms with Gasteiger partial charge in [-0.15, -0.1) is 0 Å². The number of ether oxygens (including phenoxy) is 2. The number of nitrogens with one attached hydrogen (secondary N) is 3. The molecule has 7 heteroatoms. The van der Waals surface area contributed by atoms with E-state index in [1.807, 2.05) is 51.1 Å². The lowest BCUT2D eigenvalue weighted by atomic mass is 10.2. The summed E-state index contributed by atoms with van der Waals surface area (Å²) in [5, 5.41) is 8.35. The SMILES string of the molecule is CCOc1ccc(C=CC(=O)NCc2ccc(NC(=O)NC(C)C)cc2)cc1OC. The molecule has 0 unspecified atom stereocenters. The van der Waals surface area contributed by atoms with Gasteiger partial charge in [0.25, 0.3) is 0 Å². The lowest BCUT2D eigenvalue weighted by molar-refractivity contribution is -0.116. The molecule has 0 saturated heterocycles. The Hall–Kier alpha value is -3.48. The van der Waals surface area contributed by atoms with Gasteiger partial charge >= 0.3 is 6.03 Å².